The fraction of sp³-hybridized carbons (Fsp3) is 0.333. The minimum absolute atomic E-state index is 0.0204. The Morgan fingerprint density at radius 3 is 2.47 bits per heavy atom. The lowest BCUT2D eigenvalue weighted by molar-refractivity contribution is -0.137. The summed E-state index contributed by atoms with van der Waals surface area (Å²) in [7, 11) is 0. The Hall–Kier alpha value is -3.69. The van der Waals surface area contributed by atoms with Gasteiger partial charge in [-0.2, -0.15) is 4.98 Å². The number of rotatable bonds is 4. The number of likely N-dealkylation sites (tertiary alicyclic amines) is 1. The van der Waals surface area contributed by atoms with Crippen LogP contribution in [0.5, 0.6) is 0 Å². The van der Waals surface area contributed by atoms with Crippen LogP contribution in [0.4, 0.5) is 18.9 Å². The van der Waals surface area contributed by atoms with Gasteiger partial charge >= 0.3 is 0 Å². The zero-order valence-corrected chi connectivity index (χ0v) is 18.1. The van der Waals surface area contributed by atoms with Crippen molar-refractivity contribution in [3.05, 3.63) is 65.8 Å². The first-order valence-electron chi connectivity index (χ1n) is 11.0. The average molecular weight is 470 g/mol. The van der Waals surface area contributed by atoms with Gasteiger partial charge in [0.1, 0.15) is 17.5 Å². The van der Waals surface area contributed by atoms with E-state index in [1.54, 1.807) is 17.0 Å². The van der Waals surface area contributed by atoms with Gasteiger partial charge in [0.05, 0.1) is 11.8 Å². The zero-order valence-electron chi connectivity index (χ0n) is 18.1. The molecule has 2 atom stereocenters. The number of amides is 2. The zero-order chi connectivity index (χ0) is 23.8. The molecule has 0 radical (unpaired) electrons. The molecule has 2 aliphatic rings. The molecule has 176 valence electrons. The summed E-state index contributed by atoms with van der Waals surface area (Å²) in [5.41, 5.74) is 0.729. The predicted octanol–water partition coefficient (Wildman–Crippen LogP) is 3.91. The van der Waals surface area contributed by atoms with Crippen LogP contribution in [0.1, 0.15) is 31.1 Å². The molecule has 5 rings (SSSR count). The third-order valence-electron chi connectivity index (χ3n) is 6.26. The van der Waals surface area contributed by atoms with Crippen LogP contribution in [0, 0.1) is 23.4 Å². The van der Waals surface area contributed by atoms with Gasteiger partial charge in [-0.05, 0) is 49.2 Å². The summed E-state index contributed by atoms with van der Waals surface area (Å²) in [4.78, 5) is 33.1. The molecule has 0 saturated carbocycles. The summed E-state index contributed by atoms with van der Waals surface area (Å²) in [6.45, 7) is 0.966. The highest BCUT2D eigenvalue weighted by Crippen LogP contribution is 2.31. The monoisotopic (exact) mass is 470 g/mol. The van der Waals surface area contributed by atoms with Crippen LogP contribution >= 0.6 is 0 Å². The first kappa shape index (κ1) is 22.1. The Bertz CT molecular complexity index is 1210. The van der Waals surface area contributed by atoms with Gasteiger partial charge in [0, 0.05) is 43.4 Å². The van der Waals surface area contributed by atoms with E-state index in [4.69, 9.17) is 4.52 Å². The SMILES string of the molecule is O=C(C1CC(=O)N(c2cc(F)cc(F)c2)C1)N1CCCC(c2nc(-c3ccc(F)cc3)no2)C1. The quantitative estimate of drug-likeness (QED) is 0.578. The van der Waals surface area contributed by atoms with Gasteiger partial charge in [-0.1, -0.05) is 5.16 Å². The van der Waals surface area contributed by atoms with Crippen molar-refractivity contribution in [2.45, 2.75) is 25.2 Å². The van der Waals surface area contributed by atoms with Crippen molar-refractivity contribution in [2.24, 2.45) is 5.92 Å². The number of halogens is 3. The summed E-state index contributed by atoms with van der Waals surface area (Å²) in [5, 5.41) is 3.98. The van der Waals surface area contributed by atoms with E-state index in [0.717, 1.165) is 31.0 Å². The van der Waals surface area contributed by atoms with Gasteiger partial charge in [-0.25, -0.2) is 13.2 Å². The predicted molar refractivity (Wildman–Crippen MR) is 115 cm³/mol. The summed E-state index contributed by atoms with van der Waals surface area (Å²) in [5.74, 6) is -2.48. The van der Waals surface area contributed by atoms with Gasteiger partial charge in [-0.3, -0.25) is 9.59 Å². The van der Waals surface area contributed by atoms with Crippen molar-refractivity contribution in [1.29, 1.82) is 0 Å². The molecule has 0 aliphatic carbocycles. The highest BCUT2D eigenvalue weighted by Gasteiger charge is 2.39. The molecule has 10 heteroatoms. The molecule has 1 aromatic heterocycles. The van der Waals surface area contributed by atoms with Crippen molar-refractivity contribution in [2.75, 3.05) is 24.5 Å². The van der Waals surface area contributed by atoms with E-state index in [9.17, 15) is 22.8 Å². The Labute approximate surface area is 193 Å². The van der Waals surface area contributed by atoms with Crippen LogP contribution in [-0.2, 0) is 9.59 Å². The third-order valence-corrected chi connectivity index (χ3v) is 6.26. The van der Waals surface area contributed by atoms with Crippen molar-refractivity contribution >= 4 is 17.5 Å². The van der Waals surface area contributed by atoms with E-state index in [1.807, 2.05) is 0 Å². The molecule has 2 saturated heterocycles. The Kier molecular flexibility index (Phi) is 5.80. The van der Waals surface area contributed by atoms with Crippen molar-refractivity contribution in [3.63, 3.8) is 0 Å². The molecule has 2 aliphatic heterocycles. The number of nitrogens with zero attached hydrogens (tertiary/aromatic N) is 4. The molecule has 0 bridgehead atoms. The van der Waals surface area contributed by atoms with Crippen LogP contribution in [0.3, 0.4) is 0 Å². The number of hydrogen-bond acceptors (Lipinski definition) is 5. The number of piperidine rings is 1. The fourth-order valence-corrected chi connectivity index (χ4v) is 4.57. The molecule has 0 spiro atoms. The number of anilines is 1. The summed E-state index contributed by atoms with van der Waals surface area (Å²) < 4.78 is 45.8. The summed E-state index contributed by atoms with van der Waals surface area (Å²) >= 11 is 0. The number of aromatic nitrogens is 2. The maximum Gasteiger partial charge on any atom is 0.231 e. The molecular formula is C24H21F3N4O3. The first-order valence-corrected chi connectivity index (χ1v) is 11.0. The van der Waals surface area contributed by atoms with Crippen molar-refractivity contribution in [3.8, 4) is 11.4 Å². The van der Waals surface area contributed by atoms with Crippen LogP contribution in [0.25, 0.3) is 11.4 Å². The molecule has 2 fully saturated rings. The highest BCUT2D eigenvalue weighted by atomic mass is 19.1. The molecule has 2 unspecified atom stereocenters. The average Bonchev–Trinajstić information content (AvgIpc) is 3.46. The lowest BCUT2D eigenvalue weighted by Gasteiger charge is -2.32. The van der Waals surface area contributed by atoms with Gasteiger partial charge < -0.3 is 14.3 Å². The molecule has 34 heavy (non-hydrogen) atoms. The first-order chi connectivity index (χ1) is 16.4. The fourth-order valence-electron chi connectivity index (χ4n) is 4.57. The third kappa shape index (κ3) is 4.40. The highest BCUT2D eigenvalue weighted by molar-refractivity contribution is 6.00. The van der Waals surface area contributed by atoms with Crippen LogP contribution in [-0.4, -0.2) is 46.5 Å². The topological polar surface area (TPSA) is 79.5 Å². The van der Waals surface area contributed by atoms with Crippen LogP contribution < -0.4 is 4.90 Å². The Morgan fingerprint density at radius 2 is 1.74 bits per heavy atom. The summed E-state index contributed by atoms with van der Waals surface area (Å²) in [6, 6.07) is 8.66. The largest absolute Gasteiger partial charge is 0.342 e. The van der Waals surface area contributed by atoms with Crippen LogP contribution in [0.2, 0.25) is 0 Å². The lowest BCUT2D eigenvalue weighted by Crippen LogP contribution is -2.43. The van der Waals surface area contributed by atoms with Gasteiger partial charge in [0.25, 0.3) is 0 Å². The second-order valence-corrected chi connectivity index (χ2v) is 8.62. The lowest BCUT2D eigenvalue weighted by atomic mass is 9.96. The summed E-state index contributed by atoms with van der Waals surface area (Å²) in [6.07, 6.45) is 1.46. The Morgan fingerprint density at radius 1 is 1.00 bits per heavy atom. The van der Waals surface area contributed by atoms with Crippen molar-refractivity contribution < 1.29 is 27.3 Å². The molecule has 2 amide bonds. The molecule has 7 nitrogen and oxygen atoms in total. The number of hydrogen-bond donors (Lipinski definition) is 0. The molecule has 0 N–H and O–H groups in total. The number of carbonyl (C=O) groups is 2. The normalized spacial score (nSPS) is 20.7. The van der Waals surface area contributed by atoms with Gasteiger partial charge in [0.15, 0.2) is 0 Å². The van der Waals surface area contributed by atoms with E-state index in [0.29, 0.717) is 30.4 Å². The molecule has 3 heterocycles. The maximum atomic E-state index is 13.6. The van der Waals surface area contributed by atoms with Gasteiger partial charge in [-0.15, -0.1) is 0 Å². The maximum absolute atomic E-state index is 13.6. The van der Waals surface area contributed by atoms with Crippen molar-refractivity contribution in [1.82, 2.24) is 15.0 Å². The minimum atomic E-state index is -0.781. The van der Waals surface area contributed by atoms with E-state index in [2.05, 4.69) is 10.1 Å². The van der Waals surface area contributed by atoms with E-state index in [1.165, 1.54) is 17.0 Å². The number of carbonyl (C=O) groups excluding carboxylic acids is 2. The Balaban J connectivity index is 1.26. The number of benzene rings is 2. The molecular weight excluding hydrogens is 449 g/mol. The van der Waals surface area contributed by atoms with Crippen LogP contribution in [0.15, 0.2) is 47.0 Å². The second-order valence-electron chi connectivity index (χ2n) is 8.62. The van der Waals surface area contributed by atoms with E-state index in [-0.39, 0.29) is 42.2 Å². The smallest absolute Gasteiger partial charge is 0.231 e. The van der Waals surface area contributed by atoms with E-state index < -0.39 is 17.6 Å². The molecule has 3 aromatic rings. The second kappa shape index (κ2) is 8.92. The standard InChI is InChI=1S/C24H21F3N4O3/c25-17-5-3-14(4-6-17)22-28-23(34-29-22)15-2-1-7-30(12-15)24(33)16-8-21(32)31(13-16)20-10-18(26)9-19(27)11-20/h3-6,9-11,15-16H,1-2,7-8,12-13H2. The molecule has 2 aromatic carbocycles. The van der Waals surface area contributed by atoms with Gasteiger partial charge in [0.2, 0.25) is 23.5 Å². The minimum Gasteiger partial charge on any atom is -0.342 e. The van der Waals surface area contributed by atoms with E-state index >= 15 is 0 Å².